The third kappa shape index (κ3) is 4.17. The van der Waals surface area contributed by atoms with Crippen LogP contribution in [-0.4, -0.2) is 19.6 Å². The number of halogens is 1. The third-order valence-electron chi connectivity index (χ3n) is 3.44. The van der Waals surface area contributed by atoms with Gasteiger partial charge in [0, 0.05) is 10.6 Å². The highest BCUT2D eigenvalue weighted by Gasteiger charge is 2.15. The van der Waals surface area contributed by atoms with Crippen LogP contribution in [0.2, 0.25) is 5.02 Å². The Hall–Kier alpha value is -2.20. The summed E-state index contributed by atoms with van der Waals surface area (Å²) in [5.41, 5.74) is 1.38. The first-order valence-corrected chi connectivity index (χ1v) is 7.80. The largest absolute Gasteiger partial charge is 0.493 e. The van der Waals surface area contributed by atoms with Gasteiger partial charge >= 0.3 is 0 Å². The Labute approximate surface area is 141 Å². The molecule has 0 radical (unpaired) electrons. The van der Waals surface area contributed by atoms with Gasteiger partial charge in [-0.2, -0.15) is 0 Å². The molecule has 0 aliphatic carbocycles. The summed E-state index contributed by atoms with van der Waals surface area (Å²) in [4.78, 5) is 12.4. The summed E-state index contributed by atoms with van der Waals surface area (Å²) in [6.45, 7) is 4.32. The monoisotopic (exact) mass is 333 g/mol. The molecule has 2 aromatic rings. The van der Waals surface area contributed by atoms with Gasteiger partial charge in [-0.1, -0.05) is 29.8 Å². The number of ether oxygens (including phenoxy) is 2. The number of amides is 1. The van der Waals surface area contributed by atoms with Gasteiger partial charge in [-0.05, 0) is 43.7 Å². The van der Waals surface area contributed by atoms with Gasteiger partial charge in [0.1, 0.15) is 0 Å². The maximum absolute atomic E-state index is 12.4. The van der Waals surface area contributed by atoms with Gasteiger partial charge in [0.25, 0.3) is 5.91 Å². The molecule has 1 atom stereocenters. The van der Waals surface area contributed by atoms with Crippen molar-refractivity contribution in [1.82, 2.24) is 5.32 Å². The minimum absolute atomic E-state index is 0.196. The van der Waals surface area contributed by atoms with E-state index in [1.54, 1.807) is 31.4 Å². The minimum atomic E-state index is -0.200. The van der Waals surface area contributed by atoms with Crippen LogP contribution in [0.5, 0.6) is 11.5 Å². The first-order valence-electron chi connectivity index (χ1n) is 7.43. The SMILES string of the molecule is CCOc1ccc(C(=O)NC(C)c2ccccc2Cl)cc1OC. The van der Waals surface area contributed by atoms with E-state index < -0.39 is 0 Å². The Morgan fingerprint density at radius 1 is 1.22 bits per heavy atom. The van der Waals surface area contributed by atoms with Gasteiger partial charge in [0.15, 0.2) is 11.5 Å². The van der Waals surface area contributed by atoms with E-state index in [1.807, 2.05) is 32.0 Å². The van der Waals surface area contributed by atoms with E-state index >= 15 is 0 Å². The number of carbonyl (C=O) groups excluding carboxylic acids is 1. The van der Waals surface area contributed by atoms with Crippen LogP contribution in [0.15, 0.2) is 42.5 Å². The van der Waals surface area contributed by atoms with Gasteiger partial charge in [-0.3, -0.25) is 4.79 Å². The van der Waals surface area contributed by atoms with E-state index in [0.717, 1.165) is 5.56 Å². The summed E-state index contributed by atoms with van der Waals surface area (Å²) in [6, 6.07) is 12.4. The van der Waals surface area contributed by atoms with Gasteiger partial charge in [-0.25, -0.2) is 0 Å². The number of methoxy groups -OCH3 is 1. The van der Waals surface area contributed by atoms with Gasteiger partial charge in [0.05, 0.1) is 19.8 Å². The fourth-order valence-corrected chi connectivity index (χ4v) is 2.57. The topological polar surface area (TPSA) is 47.6 Å². The van der Waals surface area contributed by atoms with E-state index in [0.29, 0.717) is 28.7 Å². The molecule has 0 fully saturated rings. The molecule has 0 saturated carbocycles. The van der Waals surface area contributed by atoms with Crippen molar-refractivity contribution in [3.63, 3.8) is 0 Å². The molecule has 1 N–H and O–H groups in total. The van der Waals surface area contributed by atoms with Gasteiger partial charge in [-0.15, -0.1) is 0 Å². The number of nitrogens with one attached hydrogen (secondary N) is 1. The molecule has 122 valence electrons. The smallest absolute Gasteiger partial charge is 0.251 e. The predicted molar refractivity (Wildman–Crippen MR) is 91.5 cm³/mol. The zero-order valence-electron chi connectivity index (χ0n) is 13.4. The van der Waals surface area contributed by atoms with Crippen LogP contribution in [0, 0.1) is 0 Å². The van der Waals surface area contributed by atoms with Gasteiger partial charge in [0.2, 0.25) is 0 Å². The molecular weight excluding hydrogens is 314 g/mol. The fraction of sp³-hybridized carbons (Fsp3) is 0.278. The van der Waals surface area contributed by atoms with Crippen LogP contribution in [0.25, 0.3) is 0 Å². The third-order valence-corrected chi connectivity index (χ3v) is 3.79. The van der Waals surface area contributed by atoms with Crippen LogP contribution in [0.1, 0.15) is 35.8 Å². The number of carbonyl (C=O) groups is 1. The Morgan fingerprint density at radius 2 is 1.96 bits per heavy atom. The molecule has 2 aromatic carbocycles. The Kier molecular flexibility index (Phi) is 5.88. The lowest BCUT2D eigenvalue weighted by atomic mass is 10.1. The molecule has 2 rings (SSSR count). The van der Waals surface area contributed by atoms with E-state index in [2.05, 4.69) is 5.32 Å². The molecule has 23 heavy (non-hydrogen) atoms. The maximum atomic E-state index is 12.4. The summed E-state index contributed by atoms with van der Waals surface area (Å²) in [7, 11) is 1.55. The van der Waals surface area contributed by atoms with Crippen molar-refractivity contribution in [1.29, 1.82) is 0 Å². The zero-order valence-corrected chi connectivity index (χ0v) is 14.2. The van der Waals surface area contributed by atoms with E-state index in [-0.39, 0.29) is 11.9 Å². The van der Waals surface area contributed by atoms with Crippen molar-refractivity contribution >= 4 is 17.5 Å². The first kappa shape index (κ1) is 17.2. The highest BCUT2D eigenvalue weighted by atomic mass is 35.5. The molecule has 0 spiro atoms. The summed E-state index contributed by atoms with van der Waals surface area (Å²) in [5, 5.41) is 3.57. The van der Waals surface area contributed by atoms with E-state index in [4.69, 9.17) is 21.1 Å². The Morgan fingerprint density at radius 3 is 2.61 bits per heavy atom. The molecule has 0 bridgehead atoms. The second-order valence-electron chi connectivity index (χ2n) is 5.02. The van der Waals surface area contributed by atoms with Crippen molar-refractivity contribution in [2.75, 3.05) is 13.7 Å². The second kappa shape index (κ2) is 7.88. The average molecular weight is 334 g/mol. The lowest BCUT2D eigenvalue weighted by Crippen LogP contribution is -2.26. The molecule has 0 aliphatic rings. The maximum Gasteiger partial charge on any atom is 0.251 e. The second-order valence-corrected chi connectivity index (χ2v) is 5.42. The van der Waals surface area contributed by atoms with Crippen molar-refractivity contribution in [2.45, 2.75) is 19.9 Å². The molecule has 0 aromatic heterocycles. The summed E-state index contributed by atoms with van der Waals surface area (Å²) in [5.74, 6) is 0.953. The molecule has 0 saturated heterocycles. The van der Waals surface area contributed by atoms with Crippen molar-refractivity contribution in [2.24, 2.45) is 0 Å². The summed E-state index contributed by atoms with van der Waals surface area (Å²) in [6.07, 6.45) is 0. The van der Waals surface area contributed by atoms with Crippen LogP contribution in [0.3, 0.4) is 0 Å². The molecule has 5 heteroatoms. The Balaban J connectivity index is 2.16. The zero-order chi connectivity index (χ0) is 16.8. The first-order chi connectivity index (χ1) is 11.1. The van der Waals surface area contributed by atoms with Crippen molar-refractivity contribution < 1.29 is 14.3 Å². The predicted octanol–water partition coefficient (Wildman–Crippen LogP) is 4.24. The number of benzene rings is 2. The van der Waals surface area contributed by atoms with E-state index in [1.165, 1.54) is 0 Å². The Bertz CT molecular complexity index is 688. The number of rotatable bonds is 6. The summed E-state index contributed by atoms with van der Waals surface area (Å²) < 4.78 is 10.7. The van der Waals surface area contributed by atoms with Gasteiger partial charge < -0.3 is 14.8 Å². The molecule has 1 amide bonds. The van der Waals surface area contributed by atoms with Crippen LogP contribution >= 0.6 is 11.6 Å². The number of hydrogen-bond donors (Lipinski definition) is 1. The highest BCUT2D eigenvalue weighted by Crippen LogP contribution is 2.28. The minimum Gasteiger partial charge on any atom is -0.493 e. The van der Waals surface area contributed by atoms with E-state index in [9.17, 15) is 4.79 Å². The molecule has 0 aliphatic heterocycles. The molecular formula is C18H20ClNO3. The van der Waals surface area contributed by atoms with Crippen molar-refractivity contribution in [3.8, 4) is 11.5 Å². The molecule has 0 heterocycles. The lowest BCUT2D eigenvalue weighted by Gasteiger charge is -2.16. The standard InChI is InChI=1S/C18H20ClNO3/c1-4-23-16-10-9-13(11-17(16)22-3)18(21)20-12(2)14-7-5-6-8-15(14)19/h5-12H,4H2,1-3H3,(H,20,21). The van der Waals surface area contributed by atoms with Crippen LogP contribution in [0.4, 0.5) is 0 Å². The normalized spacial score (nSPS) is 11.7. The highest BCUT2D eigenvalue weighted by molar-refractivity contribution is 6.31. The van der Waals surface area contributed by atoms with Crippen molar-refractivity contribution in [3.05, 3.63) is 58.6 Å². The molecule has 1 unspecified atom stereocenters. The summed E-state index contributed by atoms with van der Waals surface area (Å²) >= 11 is 6.16. The molecule has 4 nitrogen and oxygen atoms in total. The van der Waals surface area contributed by atoms with Crippen LogP contribution in [-0.2, 0) is 0 Å². The van der Waals surface area contributed by atoms with Crippen LogP contribution < -0.4 is 14.8 Å². The average Bonchev–Trinajstić information content (AvgIpc) is 2.55. The fourth-order valence-electron chi connectivity index (χ4n) is 2.27. The lowest BCUT2D eigenvalue weighted by molar-refractivity contribution is 0.0939. The number of hydrogen-bond acceptors (Lipinski definition) is 3. The quantitative estimate of drug-likeness (QED) is 0.860.